The fourth-order valence-electron chi connectivity index (χ4n) is 4.82. The highest BCUT2D eigenvalue weighted by Crippen LogP contribution is 2.41. The van der Waals surface area contributed by atoms with Crippen molar-refractivity contribution in [3.05, 3.63) is 0 Å². The van der Waals surface area contributed by atoms with E-state index in [-0.39, 0.29) is 0 Å². The number of nitrogens with one attached hydrogen (secondary N) is 1. The van der Waals surface area contributed by atoms with Gasteiger partial charge in [-0.2, -0.15) is 0 Å². The number of rotatable bonds is 1. The van der Waals surface area contributed by atoms with Gasteiger partial charge >= 0.3 is 0 Å². The SMILES string of the molecule is C1CCC2(CC1)CN=C(NC1CCN3CCCCC13)SC2. The van der Waals surface area contributed by atoms with Crippen molar-refractivity contribution in [3.63, 3.8) is 0 Å². The highest BCUT2D eigenvalue weighted by Gasteiger charge is 2.38. The fraction of sp³-hybridized carbons (Fsp3) is 0.941. The first-order valence-electron chi connectivity index (χ1n) is 9.03. The Bertz CT molecular complexity index is 403. The summed E-state index contributed by atoms with van der Waals surface area (Å²) >= 11 is 2.02. The zero-order valence-electron chi connectivity index (χ0n) is 13.1. The Balaban J connectivity index is 1.35. The van der Waals surface area contributed by atoms with Crippen molar-refractivity contribution in [2.24, 2.45) is 10.4 Å². The molecule has 0 aromatic rings. The van der Waals surface area contributed by atoms with Gasteiger partial charge in [0.1, 0.15) is 0 Å². The number of hydrogen-bond donors (Lipinski definition) is 1. The lowest BCUT2D eigenvalue weighted by atomic mass is 9.75. The normalized spacial score (nSPS) is 36.3. The number of fused-ring (bicyclic) bond motifs is 1. The molecule has 1 aliphatic carbocycles. The van der Waals surface area contributed by atoms with Crippen LogP contribution in [-0.4, -0.2) is 47.5 Å². The molecule has 4 aliphatic rings. The van der Waals surface area contributed by atoms with E-state index < -0.39 is 0 Å². The molecule has 0 amide bonds. The maximum atomic E-state index is 4.96. The Labute approximate surface area is 133 Å². The van der Waals surface area contributed by atoms with Crippen LogP contribution >= 0.6 is 11.8 Å². The first-order chi connectivity index (χ1) is 10.3. The molecule has 0 aromatic heterocycles. The molecule has 4 rings (SSSR count). The molecular weight excluding hydrogens is 278 g/mol. The average molecular weight is 308 g/mol. The zero-order valence-corrected chi connectivity index (χ0v) is 14.0. The Hall–Kier alpha value is -0.220. The second-order valence-corrected chi connectivity index (χ2v) is 8.57. The largest absolute Gasteiger partial charge is 0.361 e. The molecule has 3 aliphatic heterocycles. The topological polar surface area (TPSA) is 27.6 Å². The molecule has 0 bridgehead atoms. The van der Waals surface area contributed by atoms with Gasteiger partial charge in [0, 0.05) is 30.9 Å². The van der Waals surface area contributed by atoms with Crippen LogP contribution in [0.3, 0.4) is 0 Å². The molecule has 2 unspecified atom stereocenters. The van der Waals surface area contributed by atoms with E-state index in [1.54, 1.807) is 0 Å². The van der Waals surface area contributed by atoms with Crippen LogP contribution in [0.2, 0.25) is 0 Å². The molecule has 3 heterocycles. The van der Waals surface area contributed by atoms with Crippen LogP contribution in [0.15, 0.2) is 4.99 Å². The molecule has 3 fully saturated rings. The smallest absolute Gasteiger partial charge is 0.156 e. The average Bonchev–Trinajstić information content (AvgIpc) is 2.94. The minimum Gasteiger partial charge on any atom is -0.361 e. The minimum atomic E-state index is 0.556. The van der Waals surface area contributed by atoms with Gasteiger partial charge in [-0.3, -0.25) is 9.89 Å². The van der Waals surface area contributed by atoms with Crippen molar-refractivity contribution in [2.45, 2.75) is 69.9 Å². The molecule has 0 aromatic carbocycles. The lowest BCUT2D eigenvalue weighted by molar-refractivity contribution is 0.185. The summed E-state index contributed by atoms with van der Waals surface area (Å²) in [6, 6.07) is 1.45. The highest BCUT2D eigenvalue weighted by atomic mass is 32.2. The summed E-state index contributed by atoms with van der Waals surface area (Å²) < 4.78 is 0. The van der Waals surface area contributed by atoms with Crippen LogP contribution in [0.1, 0.15) is 57.8 Å². The Kier molecular flexibility index (Phi) is 4.19. The van der Waals surface area contributed by atoms with E-state index in [0.717, 1.165) is 12.6 Å². The lowest BCUT2D eigenvalue weighted by Crippen LogP contribution is -2.47. The summed E-state index contributed by atoms with van der Waals surface area (Å²) in [5.41, 5.74) is 0.556. The molecule has 2 saturated heterocycles. The number of aliphatic imine (C=N–C) groups is 1. The standard InChI is InChI=1S/C17H29N3S/c1-3-8-17(9-4-1)12-18-16(21-13-17)19-14-7-11-20-10-5-2-6-15(14)20/h14-15H,1-13H2,(H,18,19). The second-order valence-electron chi connectivity index (χ2n) is 7.61. The van der Waals surface area contributed by atoms with Crippen LogP contribution in [0.4, 0.5) is 0 Å². The van der Waals surface area contributed by atoms with Gasteiger partial charge in [0.25, 0.3) is 0 Å². The maximum Gasteiger partial charge on any atom is 0.156 e. The second kappa shape index (κ2) is 6.11. The van der Waals surface area contributed by atoms with E-state index in [1.165, 1.54) is 81.8 Å². The van der Waals surface area contributed by atoms with Crippen molar-refractivity contribution < 1.29 is 0 Å². The molecular formula is C17H29N3S. The number of amidine groups is 1. The fourth-order valence-corrected chi connectivity index (χ4v) is 6.03. The van der Waals surface area contributed by atoms with Crippen LogP contribution in [-0.2, 0) is 0 Å². The van der Waals surface area contributed by atoms with Crippen LogP contribution in [0.5, 0.6) is 0 Å². The quantitative estimate of drug-likeness (QED) is 0.806. The molecule has 1 spiro atoms. The van der Waals surface area contributed by atoms with Crippen molar-refractivity contribution >= 4 is 16.9 Å². The highest BCUT2D eigenvalue weighted by molar-refractivity contribution is 8.13. The minimum absolute atomic E-state index is 0.556. The van der Waals surface area contributed by atoms with Gasteiger partial charge in [0.05, 0.1) is 0 Å². The summed E-state index contributed by atoms with van der Waals surface area (Å²) in [5, 5.41) is 5.06. The first-order valence-corrected chi connectivity index (χ1v) is 10.0. The Morgan fingerprint density at radius 1 is 1.05 bits per heavy atom. The number of piperidine rings is 1. The summed E-state index contributed by atoms with van der Waals surface area (Å²) in [6.07, 6.45) is 12.7. The summed E-state index contributed by atoms with van der Waals surface area (Å²) in [5.74, 6) is 1.31. The molecule has 1 N–H and O–H groups in total. The number of thioether (sulfide) groups is 1. The van der Waals surface area contributed by atoms with E-state index in [2.05, 4.69) is 10.2 Å². The van der Waals surface area contributed by atoms with E-state index in [0.29, 0.717) is 11.5 Å². The molecule has 4 heteroatoms. The predicted molar refractivity (Wildman–Crippen MR) is 91.0 cm³/mol. The Morgan fingerprint density at radius 3 is 2.76 bits per heavy atom. The van der Waals surface area contributed by atoms with Crippen LogP contribution in [0, 0.1) is 5.41 Å². The van der Waals surface area contributed by atoms with E-state index in [9.17, 15) is 0 Å². The van der Waals surface area contributed by atoms with Gasteiger partial charge in [-0.1, -0.05) is 37.4 Å². The third-order valence-corrected chi connectivity index (χ3v) is 7.43. The zero-order chi connectivity index (χ0) is 14.1. The Morgan fingerprint density at radius 2 is 1.95 bits per heavy atom. The summed E-state index contributed by atoms with van der Waals surface area (Å²) in [6.45, 7) is 3.71. The summed E-state index contributed by atoms with van der Waals surface area (Å²) in [7, 11) is 0. The molecule has 2 atom stereocenters. The molecule has 3 nitrogen and oxygen atoms in total. The van der Waals surface area contributed by atoms with Crippen molar-refractivity contribution in [3.8, 4) is 0 Å². The molecule has 21 heavy (non-hydrogen) atoms. The van der Waals surface area contributed by atoms with Gasteiger partial charge in [0.2, 0.25) is 0 Å². The van der Waals surface area contributed by atoms with Gasteiger partial charge in [-0.25, -0.2) is 0 Å². The van der Waals surface area contributed by atoms with Gasteiger partial charge in [-0.15, -0.1) is 0 Å². The first kappa shape index (κ1) is 14.4. The summed E-state index contributed by atoms with van der Waals surface area (Å²) in [4.78, 5) is 7.66. The van der Waals surface area contributed by atoms with Gasteiger partial charge < -0.3 is 5.32 Å². The van der Waals surface area contributed by atoms with Crippen LogP contribution < -0.4 is 5.32 Å². The van der Waals surface area contributed by atoms with Crippen molar-refractivity contribution in [1.29, 1.82) is 0 Å². The number of nitrogens with zero attached hydrogens (tertiary/aromatic N) is 2. The maximum absolute atomic E-state index is 4.96. The lowest BCUT2D eigenvalue weighted by Gasteiger charge is -2.39. The van der Waals surface area contributed by atoms with E-state index in [1.807, 2.05) is 11.8 Å². The predicted octanol–water partition coefficient (Wildman–Crippen LogP) is 3.26. The monoisotopic (exact) mass is 307 g/mol. The van der Waals surface area contributed by atoms with Gasteiger partial charge in [0.15, 0.2) is 5.17 Å². The number of hydrogen-bond acceptors (Lipinski definition) is 4. The molecule has 118 valence electrons. The van der Waals surface area contributed by atoms with Gasteiger partial charge in [-0.05, 0) is 44.1 Å². The van der Waals surface area contributed by atoms with Crippen molar-refractivity contribution in [2.75, 3.05) is 25.4 Å². The third-order valence-electron chi connectivity index (χ3n) is 6.15. The third kappa shape index (κ3) is 2.98. The molecule has 0 radical (unpaired) electrons. The van der Waals surface area contributed by atoms with Crippen LogP contribution in [0.25, 0.3) is 0 Å². The molecule has 1 saturated carbocycles. The van der Waals surface area contributed by atoms with E-state index in [4.69, 9.17) is 4.99 Å². The van der Waals surface area contributed by atoms with Crippen molar-refractivity contribution in [1.82, 2.24) is 10.2 Å². The van der Waals surface area contributed by atoms with E-state index >= 15 is 0 Å².